The van der Waals surface area contributed by atoms with Gasteiger partial charge in [0.2, 0.25) is 11.0 Å². The van der Waals surface area contributed by atoms with E-state index < -0.39 is 6.36 Å². The molecule has 2 N–H and O–H groups in total. The number of aromatic nitrogens is 2. The van der Waals surface area contributed by atoms with Crippen LogP contribution in [0, 0.1) is 11.3 Å². The highest BCUT2D eigenvalue weighted by atomic mass is 32.2. The van der Waals surface area contributed by atoms with E-state index in [1.165, 1.54) is 63.6 Å². The number of nitriles is 1. The highest BCUT2D eigenvalue weighted by molar-refractivity contribution is 8.01. The van der Waals surface area contributed by atoms with Crippen LogP contribution in [0.3, 0.4) is 0 Å². The Bertz CT molecular complexity index is 1170. The Morgan fingerprint density at radius 1 is 1.22 bits per heavy atom. The molecule has 1 aromatic carbocycles. The van der Waals surface area contributed by atoms with Gasteiger partial charge in [0.05, 0.1) is 11.3 Å². The van der Waals surface area contributed by atoms with E-state index in [1.807, 2.05) is 0 Å². The zero-order valence-corrected chi connectivity index (χ0v) is 18.6. The molecule has 0 saturated carbocycles. The van der Waals surface area contributed by atoms with Crippen molar-refractivity contribution in [3.63, 3.8) is 0 Å². The molecule has 13 heteroatoms. The Morgan fingerprint density at radius 3 is 2.72 bits per heavy atom. The van der Waals surface area contributed by atoms with Gasteiger partial charge in [-0.25, -0.2) is 0 Å². The molecule has 2 aromatic heterocycles. The molecule has 7 nitrogen and oxygen atoms in total. The average molecular weight is 498 g/mol. The molecular weight excluding hydrogens is 483 g/mol. The van der Waals surface area contributed by atoms with Crippen LogP contribution in [-0.2, 0) is 17.6 Å². The Morgan fingerprint density at radius 2 is 2.00 bits per heavy atom. The van der Waals surface area contributed by atoms with Crippen molar-refractivity contribution in [2.45, 2.75) is 30.0 Å². The summed E-state index contributed by atoms with van der Waals surface area (Å²) in [4.78, 5) is 13.5. The molecule has 1 aliphatic carbocycles. The Balaban J connectivity index is 1.29. The van der Waals surface area contributed by atoms with Crippen molar-refractivity contribution in [3.05, 3.63) is 40.3 Å². The van der Waals surface area contributed by atoms with Crippen molar-refractivity contribution < 1.29 is 22.7 Å². The van der Waals surface area contributed by atoms with E-state index in [4.69, 9.17) is 0 Å². The maximum absolute atomic E-state index is 12.3. The summed E-state index contributed by atoms with van der Waals surface area (Å²) in [6, 6.07) is 7.42. The van der Waals surface area contributed by atoms with Gasteiger partial charge in [0.25, 0.3) is 0 Å². The zero-order chi connectivity index (χ0) is 22.7. The third-order valence-corrected chi connectivity index (χ3v) is 7.54. The predicted molar refractivity (Wildman–Crippen MR) is 117 cm³/mol. The third kappa shape index (κ3) is 5.50. The number of ether oxygens (including phenoxy) is 1. The fourth-order valence-electron chi connectivity index (χ4n) is 3.08. The topological polar surface area (TPSA) is 99.9 Å². The summed E-state index contributed by atoms with van der Waals surface area (Å²) < 4.78 is 41.0. The number of carbonyl (C=O) groups is 1. The molecule has 1 aliphatic rings. The fraction of sp³-hybridized carbons (Fsp3) is 0.263. The minimum Gasteiger partial charge on any atom is -0.406 e. The van der Waals surface area contributed by atoms with Crippen LogP contribution in [0.4, 0.5) is 29.0 Å². The molecule has 166 valence electrons. The Kier molecular flexibility index (Phi) is 6.54. The van der Waals surface area contributed by atoms with Gasteiger partial charge in [-0.05, 0) is 49.1 Å². The van der Waals surface area contributed by atoms with E-state index in [2.05, 4.69) is 31.6 Å². The number of thiophene rings is 1. The number of aryl methyl sites for hydroxylation is 1. The standard InChI is InChI=1S/C19H14F3N5O2S3/c20-19(21,22)29-11-6-4-10(5-7-11)24-17-26-27-18(32-17)30-9-15(28)25-16-13(8-23)12-2-1-3-14(12)31-16/h4-7H,1-3,9H2,(H,24,26)(H,25,28). The predicted octanol–water partition coefficient (Wildman–Crippen LogP) is 5.33. The van der Waals surface area contributed by atoms with Gasteiger partial charge in [0, 0.05) is 10.6 Å². The Hall–Kier alpha value is -2.82. The Labute approximate surface area is 192 Å². The number of amides is 1. The monoisotopic (exact) mass is 497 g/mol. The summed E-state index contributed by atoms with van der Waals surface area (Å²) in [5, 5.41) is 24.1. The second-order valence-electron chi connectivity index (χ2n) is 6.58. The first-order valence-electron chi connectivity index (χ1n) is 9.24. The van der Waals surface area contributed by atoms with Gasteiger partial charge >= 0.3 is 6.36 Å². The van der Waals surface area contributed by atoms with E-state index in [0.29, 0.717) is 25.7 Å². The van der Waals surface area contributed by atoms with Crippen molar-refractivity contribution in [1.29, 1.82) is 5.26 Å². The molecule has 0 unspecified atom stereocenters. The van der Waals surface area contributed by atoms with Crippen LogP contribution in [0.25, 0.3) is 0 Å². The third-order valence-electron chi connectivity index (χ3n) is 4.36. The average Bonchev–Trinajstić information content (AvgIpc) is 3.43. The van der Waals surface area contributed by atoms with E-state index in [1.54, 1.807) is 0 Å². The van der Waals surface area contributed by atoms with E-state index in [9.17, 15) is 23.2 Å². The fourth-order valence-corrected chi connectivity index (χ4v) is 5.91. The number of carbonyl (C=O) groups excluding carboxylic acids is 1. The molecule has 4 rings (SSSR count). The summed E-state index contributed by atoms with van der Waals surface area (Å²) in [5.74, 6) is -0.458. The molecule has 0 radical (unpaired) electrons. The number of nitrogens with zero attached hydrogens (tertiary/aromatic N) is 3. The molecule has 0 spiro atoms. The van der Waals surface area contributed by atoms with Crippen molar-refractivity contribution in [1.82, 2.24) is 10.2 Å². The molecule has 0 saturated heterocycles. The van der Waals surface area contributed by atoms with E-state index in [0.717, 1.165) is 24.8 Å². The molecule has 3 aromatic rings. The van der Waals surface area contributed by atoms with Crippen LogP contribution in [0.2, 0.25) is 0 Å². The lowest BCUT2D eigenvalue weighted by molar-refractivity contribution is -0.274. The lowest BCUT2D eigenvalue weighted by Crippen LogP contribution is -2.16. The number of benzene rings is 1. The number of fused-ring (bicyclic) bond motifs is 1. The smallest absolute Gasteiger partial charge is 0.406 e. The zero-order valence-electron chi connectivity index (χ0n) is 16.2. The molecule has 0 atom stereocenters. The van der Waals surface area contributed by atoms with Gasteiger partial charge < -0.3 is 15.4 Å². The van der Waals surface area contributed by atoms with Crippen molar-refractivity contribution >= 4 is 56.2 Å². The first kappa shape index (κ1) is 22.4. The molecular formula is C19H14F3N5O2S3. The van der Waals surface area contributed by atoms with Crippen LogP contribution in [0.15, 0.2) is 28.6 Å². The number of hydrogen-bond acceptors (Lipinski definition) is 9. The normalized spacial score (nSPS) is 12.8. The number of alkyl halides is 3. The lowest BCUT2D eigenvalue weighted by atomic mass is 10.1. The van der Waals surface area contributed by atoms with Gasteiger partial charge in [0.15, 0.2) is 4.34 Å². The lowest BCUT2D eigenvalue weighted by Gasteiger charge is -2.09. The number of nitrogens with one attached hydrogen (secondary N) is 2. The van der Waals surface area contributed by atoms with Gasteiger partial charge in [-0.15, -0.1) is 34.7 Å². The van der Waals surface area contributed by atoms with E-state index in [-0.39, 0.29) is 17.4 Å². The van der Waals surface area contributed by atoms with Gasteiger partial charge in [-0.1, -0.05) is 23.1 Å². The summed E-state index contributed by atoms with van der Waals surface area (Å²) in [7, 11) is 0. The van der Waals surface area contributed by atoms with E-state index >= 15 is 0 Å². The van der Waals surface area contributed by atoms with Gasteiger partial charge in [0.1, 0.15) is 16.8 Å². The van der Waals surface area contributed by atoms with Crippen molar-refractivity contribution in [3.8, 4) is 11.8 Å². The number of hydrogen-bond donors (Lipinski definition) is 2. The highest BCUT2D eigenvalue weighted by Crippen LogP contribution is 2.38. The van der Waals surface area contributed by atoms with Crippen molar-refractivity contribution in [2.24, 2.45) is 0 Å². The quantitative estimate of drug-likeness (QED) is 0.426. The summed E-state index contributed by atoms with van der Waals surface area (Å²) in [6.07, 6.45) is -1.89. The number of anilines is 3. The first-order chi connectivity index (χ1) is 15.3. The maximum Gasteiger partial charge on any atom is 0.573 e. The van der Waals surface area contributed by atoms with Gasteiger partial charge in [-0.3, -0.25) is 4.79 Å². The summed E-state index contributed by atoms with van der Waals surface area (Å²) in [5.41, 5.74) is 2.13. The number of rotatable bonds is 7. The molecule has 32 heavy (non-hydrogen) atoms. The van der Waals surface area contributed by atoms with Crippen molar-refractivity contribution in [2.75, 3.05) is 16.4 Å². The molecule has 0 bridgehead atoms. The van der Waals surface area contributed by atoms with Crippen LogP contribution in [-0.4, -0.2) is 28.2 Å². The molecule has 2 heterocycles. The largest absolute Gasteiger partial charge is 0.573 e. The SMILES string of the molecule is N#Cc1c(NC(=O)CSc2nnc(Nc3ccc(OC(F)(F)F)cc3)s2)sc2c1CCC2. The molecule has 0 fully saturated rings. The first-order valence-corrected chi connectivity index (χ1v) is 11.9. The number of halogens is 3. The van der Waals surface area contributed by atoms with Gasteiger partial charge in [-0.2, -0.15) is 5.26 Å². The van der Waals surface area contributed by atoms with Crippen LogP contribution in [0.5, 0.6) is 5.75 Å². The second-order valence-corrected chi connectivity index (χ2v) is 9.89. The highest BCUT2D eigenvalue weighted by Gasteiger charge is 2.31. The minimum absolute atomic E-state index is 0.103. The number of thioether (sulfide) groups is 1. The molecule has 1 amide bonds. The maximum atomic E-state index is 12.3. The molecule has 0 aliphatic heterocycles. The van der Waals surface area contributed by atoms with Crippen LogP contribution >= 0.6 is 34.4 Å². The summed E-state index contributed by atoms with van der Waals surface area (Å²) in [6.45, 7) is 0. The second kappa shape index (κ2) is 9.35. The summed E-state index contributed by atoms with van der Waals surface area (Å²) >= 11 is 3.87. The van der Waals surface area contributed by atoms with Crippen LogP contribution < -0.4 is 15.4 Å². The minimum atomic E-state index is -4.74. The van der Waals surface area contributed by atoms with Crippen LogP contribution in [0.1, 0.15) is 22.4 Å².